The van der Waals surface area contributed by atoms with Crippen LogP contribution in [0.5, 0.6) is 0 Å². The van der Waals surface area contributed by atoms with E-state index in [-0.39, 0.29) is 5.91 Å². The summed E-state index contributed by atoms with van der Waals surface area (Å²) in [6, 6.07) is 15.3. The fraction of sp³-hybridized carbons (Fsp3) is 0.300. The van der Waals surface area contributed by atoms with E-state index in [2.05, 4.69) is 5.32 Å². The Bertz CT molecular complexity index is 761. The highest BCUT2D eigenvalue weighted by Gasteiger charge is 2.46. The van der Waals surface area contributed by atoms with Crippen molar-refractivity contribution in [1.29, 1.82) is 0 Å². The summed E-state index contributed by atoms with van der Waals surface area (Å²) in [4.78, 5) is 24.0. The van der Waals surface area contributed by atoms with Crippen molar-refractivity contribution < 1.29 is 9.59 Å². The van der Waals surface area contributed by atoms with Gasteiger partial charge in [0.15, 0.2) is 0 Å². The van der Waals surface area contributed by atoms with Gasteiger partial charge in [-0.25, -0.2) is 0 Å². The largest absolute Gasteiger partial charge is 0.366 e. The maximum absolute atomic E-state index is 12.7. The van der Waals surface area contributed by atoms with E-state index in [9.17, 15) is 9.59 Å². The number of nitrogens with one attached hydrogen (secondary N) is 1. The number of hydrogen-bond acceptors (Lipinski definition) is 2. The predicted molar refractivity (Wildman–Crippen MR) is 94.6 cm³/mol. The zero-order valence-electron chi connectivity index (χ0n) is 13.8. The smallest absolute Gasteiger partial charge is 0.248 e. The molecule has 0 unspecified atom stereocenters. The first-order valence-electron chi connectivity index (χ1n) is 8.36. The number of carbonyl (C=O) groups excluding carboxylic acids is 2. The van der Waals surface area contributed by atoms with Crippen molar-refractivity contribution in [3.05, 3.63) is 59.7 Å². The zero-order chi connectivity index (χ0) is 17.2. The quantitative estimate of drug-likeness (QED) is 0.888. The Hall–Kier alpha value is -2.62. The summed E-state index contributed by atoms with van der Waals surface area (Å²) >= 11 is 0. The van der Waals surface area contributed by atoms with Gasteiger partial charge in [-0.15, -0.1) is 0 Å². The minimum absolute atomic E-state index is 0.109. The molecule has 0 aromatic heterocycles. The molecule has 0 aliphatic heterocycles. The lowest BCUT2D eigenvalue weighted by Gasteiger charge is -2.42. The number of nitrogens with two attached hydrogens (primary N) is 1. The summed E-state index contributed by atoms with van der Waals surface area (Å²) in [6.45, 7) is 2.58. The standard InChI is InChI=1S/C20H22N2O2/c1-2-22-19(24)20(12-5-13-20)17-7-4-3-6-16(17)14-8-10-15(11-9-14)18(21)23/h3-4,6-11H,2,5,12-13H2,1H3,(H2,21,23)(H,22,24). The van der Waals surface area contributed by atoms with Crippen molar-refractivity contribution >= 4 is 11.8 Å². The highest BCUT2D eigenvalue weighted by molar-refractivity contribution is 5.94. The van der Waals surface area contributed by atoms with Crippen molar-refractivity contribution in [2.75, 3.05) is 6.54 Å². The average molecular weight is 322 g/mol. The van der Waals surface area contributed by atoms with Crippen LogP contribution in [0.3, 0.4) is 0 Å². The third-order valence-corrected chi connectivity index (χ3v) is 4.90. The van der Waals surface area contributed by atoms with Crippen molar-refractivity contribution in [1.82, 2.24) is 5.32 Å². The fourth-order valence-corrected chi connectivity index (χ4v) is 3.44. The number of carbonyl (C=O) groups is 2. The van der Waals surface area contributed by atoms with Crippen LogP contribution < -0.4 is 11.1 Å². The van der Waals surface area contributed by atoms with Gasteiger partial charge in [0.1, 0.15) is 0 Å². The number of amides is 2. The Labute approximate surface area is 142 Å². The molecule has 124 valence electrons. The number of likely N-dealkylation sites (N-methyl/N-ethyl adjacent to an activating group) is 1. The molecule has 0 bridgehead atoms. The Morgan fingerprint density at radius 3 is 2.29 bits per heavy atom. The third-order valence-electron chi connectivity index (χ3n) is 4.90. The van der Waals surface area contributed by atoms with E-state index < -0.39 is 11.3 Å². The highest BCUT2D eigenvalue weighted by Crippen LogP contribution is 2.47. The van der Waals surface area contributed by atoms with Gasteiger partial charge in [-0.2, -0.15) is 0 Å². The lowest BCUT2D eigenvalue weighted by atomic mass is 9.62. The lowest BCUT2D eigenvalue weighted by molar-refractivity contribution is -0.129. The molecule has 0 atom stereocenters. The Kier molecular flexibility index (Phi) is 4.38. The van der Waals surface area contributed by atoms with E-state index in [0.29, 0.717) is 12.1 Å². The Balaban J connectivity index is 2.05. The summed E-state index contributed by atoms with van der Waals surface area (Å²) < 4.78 is 0. The Morgan fingerprint density at radius 2 is 1.75 bits per heavy atom. The van der Waals surface area contributed by atoms with Crippen LogP contribution in [0.1, 0.15) is 42.1 Å². The first-order valence-corrected chi connectivity index (χ1v) is 8.36. The monoisotopic (exact) mass is 322 g/mol. The predicted octanol–water partition coefficient (Wildman–Crippen LogP) is 3.01. The summed E-state index contributed by atoms with van der Waals surface area (Å²) in [7, 11) is 0. The number of primary amides is 1. The molecule has 1 fully saturated rings. The van der Waals surface area contributed by atoms with E-state index >= 15 is 0 Å². The van der Waals surface area contributed by atoms with Crippen LogP contribution >= 0.6 is 0 Å². The molecular weight excluding hydrogens is 300 g/mol. The van der Waals surface area contributed by atoms with Gasteiger partial charge in [0.25, 0.3) is 0 Å². The summed E-state index contributed by atoms with van der Waals surface area (Å²) in [5.41, 5.74) is 8.46. The highest BCUT2D eigenvalue weighted by atomic mass is 16.2. The van der Waals surface area contributed by atoms with Crippen molar-refractivity contribution in [3.8, 4) is 11.1 Å². The summed E-state index contributed by atoms with van der Waals surface area (Å²) in [6.07, 6.45) is 2.80. The van der Waals surface area contributed by atoms with Gasteiger partial charge in [-0.3, -0.25) is 9.59 Å². The summed E-state index contributed by atoms with van der Waals surface area (Å²) in [5, 5.41) is 2.99. The molecule has 0 radical (unpaired) electrons. The maximum atomic E-state index is 12.7. The van der Waals surface area contributed by atoms with Crippen LogP contribution in [0.25, 0.3) is 11.1 Å². The average Bonchev–Trinajstić information content (AvgIpc) is 2.55. The molecule has 3 N–H and O–H groups in total. The van der Waals surface area contributed by atoms with Gasteiger partial charge in [-0.1, -0.05) is 42.8 Å². The molecule has 2 aromatic carbocycles. The van der Waals surface area contributed by atoms with Gasteiger partial charge >= 0.3 is 0 Å². The molecule has 4 nitrogen and oxygen atoms in total. The van der Waals surface area contributed by atoms with Crippen molar-refractivity contribution in [2.45, 2.75) is 31.6 Å². The molecule has 0 heterocycles. The molecule has 2 aromatic rings. The molecule has 1 saturated carbocycles. The van der Waals surface area contributed by atoms with Gasteiger partial charge in [0.05, 0.1) is 5.41 Å². The normalized spacial score (nSPS) is 15.4. The van der Waals surface area contributed by atoms with Crippen LogP contribution in [-0.4, -0.2) is 18.4 Å². The second-order valence-corrected chi connectivity index (χ2v) is 6.28. The van der Waals surface area contributed by atoms with Gasteiger partial charge in [0.2, 0.25) is 11.8 Å². The Morgan fingerprint density at radius 1 is 1.08 bits per heavy atom. The van der Waals surface area contributed by atoms with Gasteiger partial charge in [-0.05, 0) is 48.6 Å². The van der Waals surface area contributed by atoms with E-state index in [1.807, 2.05) is 43.3 Å². The molecule has 4 heteroatoms. The molecule has 1 aliphatic rings. The van der Waals surface area contributed by atoms with Crippen LogP contribution in [0, 0.1) is 0 Å². The van der Waals surface area contributed by atoms with Crippen LogP contribution in [0.15, 0.2) is 48.5 Å². The number of hydrogen-bond donors (Lipinski definition) is 2. The second-order valence-electron chi connectivity index (χ2n) is 6.28. The van der Waals surface area contributed by atoms with Gasteiger partial charge in [0, 0.05) is 12.1 Å². The fourth-order valence-electron chi connectivity index (χ4n) is 3.44. The molecule has 24 heavy (non-hydrogen) atoms. The third kappa shape index (κ3) is 2.68. The van der Waals surface area contributed by atoms with E-state index in [0.717, 1.165) is 36.0 Å². The molecule has 0 spiro atoms. The molecular formula is C20H22N2O2. The zero-order valence-corrected chi connectivity index (χ0v) is 13.8. The molecule has 3 rings (SSSR count). The first-order chi connectivity index (χ1) is 11.6. The molecule has 0 saturated heterocycles. The van der Waals surface area contributed by atoms with E-state index in [1.54, 1.807) is 12.1 Å². The topological polar surface area (TPSA) is 72.2 Å². The second kappa shape index (κ2) is 6.48. The molecule has 1 aliphatic carbocycles. The van der Waals surface area contributed by atoms with E-state index in [1.165, 1.54) is 0 Å². The number of benzene rings is 2. The first kappa shape index (κ1) is 16.2. The maximum Gasteiger partial charge on any atom is 0.248 e. The van der Waals surface area contributed by atoms with Crippen molar-refractivity contribution in [2.24, 2.45) is 5.73 Å². The van der Waals surface area contributed by atoms with E-state index in [4.69, 9.17) is 5.73 Å². The van der Waals surface area contributed by atoms with Crippen molar-refractivity contribution in [3.63, 3.8) is 0 Å². The van der Waals surface area contributed by atoms with Crippen LogP contribution in [-0.2, 0) is 10.2 Å². The minimum atomic E-state index is -0.437. The van der Waals surface area contributed by atoms with Crippen LogP contribution in [0.2, 0.25) is 0 Å². The van der Waals surface area contributed by atoms with Gasteiger partial charge < -0.3 is 11.1 Å². The minimum Gasteiger partial charge on any atom is -0.366 e. The number of rotatable bonds is 5. The molecule has 2 amide bonds. The lowest BCUT2D eigenvalue weighted by Crippen LogP contribution is -2.49. The summed E-state index contributed by atoms with van der Waals surface area (Å²) in [5.74, 6) is -0.329. The van der Waals surface area contributed by atoms with Crippen LogP contribution in [0.4, 0.5) is 0 Å². The SMILES string of the molecule is CCNC(=O)C1(c2ccccc2-c2ccc(C(N)=O)cc2)CCC1.